The van der Waals surface area contributed by atoms with Gasteiger partial charge in [-0.2, -0.15) is 0 Å². The lowest BCUT2D eigenvalue weighted by Gasteiger charge is -2.61. The van der Waals surface area contributed by atoms with Crippen molar-refractivity contribution in [1.82, 2.24) is 0 Å². The maximum absolute atomic E-state index is 11.0. The van der Waals surface area contributed by atoms with Crippen LogP contribution in [-0.2, 0) is 0 Å². The van der Waals surface area contributed by atoms with Gasteiger partial charge in [0.1, 0.15) is 0 Å². The Labute approximate surface area is 141 Å². The van der Waals surface area contributed by atoms with Gasteiger partial charge in [0.25, 0.3) is 0 Å². The van der Waals surface area contributed by atoms with Crippen molar-refractivity contribution < 1.29 is 10.2 Å². The van der Waals surface area contributed by atoms with E-state index in [1.54, 1.807) is 5.57 Å². The average molecular weight is 319 g/mol. The minimum Gasteiger partial charge on any atom is -0.393 e. The molecular weight excluding hydrogens is 284 g/mol. The smallest absolute Gasteiger partial charge is 0.0596 e. The molecule has 23 heavy (non-hydrogen) atoms. The van der Waals surface area contributed by atoms with Crippen LogP contribution in [-0.4, -0.2) is 22.4 Å². The predicted molar refractivity (Wildman–Crippen MR) is 92.9 cm³/mol. The molecule has 4 aliphatic rings. The van der Waals surface area contributed by atoms with Crippen LogP contribution in [0.25, 0.3) is 0 Å². The number of fused-ring (bicyclic) bond motifs is 5. The van der Waals surface area contributed by atoms with Gasteiger partial charge in [-0.15, -0.1) is 0 Å². The van der Waals surface area contributed by atoms with Crippen molar-refractivity contribution in [3.05, 3.63) is 11.6 Å². The predicted octanol–water partition coefficient (Wildman–Crippen LogP) is 4.31. The average Bonchev–Trinajstić information content (AvgIpc) is 2.83. The molecule has 4 aliphatic carbocycles. The summed E-state index contributed by atoms with van der Waals surface area (Å²) in [5, 5.41) is 21.5. The molecule has 0 saturated heterocycles. The van der Waals surface area contributed by atoms with Gasteiger partial charge in [-0.05, 0) is 92.8 Å². The first kappa shape index (κ1) is 16.1. The Morgan fingerprint density at radius 2 is 1.70 bits per heavy atom. The summed E-state index contributed by atoms with van der Waals surface area (Å²) in [6, 6.07) is 0. The third-order valence-corrected chi connectivity index (χ3v) is 8.93. The normalized spacial score (nSPS) is 57.7. The van der Waals surface area contributed by atoms with E-state index >= 15 is 0 Å². The van der Waals surface area contributed by atoms with Gasteiger partial charge >= 0.3 is 0 Å². The molecule has 0 heterocycles. The van der Waals surface area contributed by atoms with Crippen LogP contribution in [0.5, 0.6) is 0 Å². The van der Waals surface area contributed by atoms with Crippen LogP contribution in [0.4, 0.5) is 0 Å². The van der Waals surface area contributed by atoms with Crippen LogP contribution in [0, 0.1) is 34.5 Å². The third-order valence-electron chi connectivity index (χ3n) is 8.93. The van der Waals surface area contributed by atoms with Crippen molar-refractivity contribution in [3.8, 4) is 0 Å². The second-order valence-electron chi connectivity index (χ2n) is 9.58. The minimum atomic E-state index is -0.142. The molecule has 0 unspecified atom stereocenters. The zero-order valence-corrected chi connectivity index (χ0v) is 15.1. The van der Waals surface area contributed by atoms with Gasteiger partial charge in [-0.25, -0.2) is 0 Å². The molecule has 4 saturated carbocycles. The van der Waals surface area contributed by atoms with Crippen molar-refractivity contribution in [2.24, 2.45) is 34.5 Å². The Bertz CT molecular complexity index is 512. The fraction of sp³-hybridized carbons (Fsp3) is 0.905. The fourth-order valence-corrected chi connectivity index (χ4v) is 7.38. The van der Waals surface area contributed by atoms with Crippen LogP contribution in [0.15, 0.2) is 11.6 Å². The van der Waals surface area contributed by atoms with Crippen LogP contribution in [0.3, 0.4) is 0 Å². The van der Waals surface area contributed by atoms with E-state index in [-0.39, 0.29) is 17.6 Å². The fourth-order valence-electron chi connectivity index (χ4n) is 7.38. The third kappa shape index (κ3) is 2.13. The maximum Gasteiger partial charge on any atom is 0.0596 e. The van der Waals surface area contributed by atoms with Gasteiger partial charge in [0.2, 0.25) is 0 Å². The molecule has 4 fully saturated rings. The van der Waals surface area contributed by atoms with E-state index in [2.05, 4.69) is 26.8 Å². The Kier molecular flexibility index (Phi) is 3.74. The molecule has 130 valence electrons. The standard InChI is InChI=1S/C21H34O2/c1-4-13-7-9-20(2)16-8-10-21(3)15(5-6-19(21)23)14(16)12-18(22)17(20)11-13/h4,14-19,22-23H,5-12H2,1-3H3/b13-4-/t14-,15-,16-,17+,18-,19-,20+,21-/m0/s1. The lowest BCUT2D eigenvalue weighted by Crippen LogP contribution is -2.57. The lowest BCUT2D eigenvalue weighted by atomic mass is 9.44. The van der Waals surface area contributed by atoms with Gasteiger partial charge in [0.05, 0.1) is 12.2 Å². The van der Waals surface area contributed by atoms with Gasteiger partial charge in [-0.1, -0.05) is 25.5 Å². The molecule has 2 N–H and O–H groups in total. The number of allylic oxidation sites excluding steroid dienone is 2. The van der Waals surface area contributed by atoms with E-state index in [0.29, 0.717) is 23.2 Å². The summed E-state index contributed by atoms with van der Waals surface area (Å²) in [7, 11) is 0. The molecule has 2 heteroatoms. The molecule has 0 amide bonds. The van der Waals surface area contributed by atoms with Crippen LogP contribution < -0.4 is 0 Å². The summed E-state index contributed by atoms with van der Waals surface area (Å²) >= 11 is 0. The minimum absolute atomic E-state index is 0.114. The number of aliphatic hydroxyl groups is 2. The first-order valence-corrected chi connectivity index (χ1v) is 9.90. The Hall–Kier alpha value is -0.340. The lowest BCUT2D eigenvalue weighted by molar-refractivity contribution is -0.156. The molecule has 8 atom stereocenters. The number of hydrogen-bond acceptors (Lipinski definition) is 2. The van der Waals surface area contributed by atoms with Gasteiger partial charge in [-0.3, -0.25) is 0 Å². The van der Waals surface area contributed by atoms with E-state index in [1.165, 1.54) is 32.1 Å². The second-order valence-corrected chi connectivity index (χ2v) is 9.58. The SMILES string of the molecule is C/C=C1/CC[C@@]2(C)[C@H](C1)[C@@H](O)C[C@@H]1[C@@H]2CC[C@]2(C)[C@@H](O)CC[C@@H]12. The number of aliphatic hydroxyl groups excluding tert-OH is 2. The highest BCUT2D eigenvalue weighted by Gasteiger charge is 2.61. The van der Waals surface area contributed by atoms with E-state index in [4.69, 9.17) is 0 Å². The maximum atomic E-state index is 11.0. The molecule has 0 aromatic carbocycles. The molecule has 0 aromatic heterocycles. The first-order chi connectivity index (χ1) is 10.9. The quantitative estimate of drug-likeness (QED) is 0.654. The van der Waals surface area contributed by atoms with Crippen molar-refractivity contribution >= 4 is 0 Å². The molecule has 4 rings (SSSR count). The number of rotatable bonds is 0. The van der Waals surface area contributed by atoms with E-state index in [9.17, 15) is 10.2 Å². The molecule has 0 bridgehead atoms. The monoisotopic (exact) mass is 318 g/mol. The summed E-state index contributed by atoms with van der Waals surface area (Å²) < 4.78 is 0. The molecule has 0 radical (unpaired) electrons. The first-order valence-electron chi connectivity index (χ1n) is 9.90. The highest BCUT2D eigenvalue weighted by atomic mass is 16.3. The van der Waals surface area contributed by atoms with E-state index in [0.717, 1.165) is 25.2 Å². The van der Waals surface area contributed by atoms with Crippen molar-refractivity contribution in [1.29, 1.82) is 0 Å². The molecule has 2 nitrogen and oxygen atoms in total. The molecule has 0 aliphatic heterocycles. The van der Waals surface area contributed by atoms with Crippen LogP contribution in [0.2, 0.25) is 0 Å². The highest BCUT2D eigenvalue weighted by molar-refractivity contribution is 5.16. The molecule has 0 aromatic rings. The van der Waals surface area contributed by atoms with Crippen molar-refractivity contribution in [2.45, 2.75) is 84.3 Å². The van der Waals surface area contributed by atoms with E-state index in [1.807, 2.05) is 0 Å². The summed E-state index contributed by atoms with van der Waals surface area (Å²) in [5.74, 6) is 2.48. The van der Waals surface area contributed by atoms with Gasteiger partial charge in [0, 0.05) is 0 Å². The van der Waals surface area contributed by atoms with Crippen molar-refractivity contribution in [3.63, 3.8) is 0 Å². The summed E-state index contributed by atoms with van der Waals surface area (Å²) in [4.78, 5) is 0. The van der Waals surface area contributed by atoms with E-state index < -0.39 is 0 Å². The second kappa shape index (κ2) is 5.33. The zero-order valence-electron chi connectivity index (χ0n) is 15.1. The molecule has 0 spiro atoms. The largest absolute Gasteiger partial charge is 0.393 e. The number of hydrogen-bond donors (Lipinski definition) is 2. The molecular formula is C21H34O2. The van der Waals surface area contributed by atoms with Gasteiger partial charge < -0.3 is 10.2 Å². The zero-order chi connectivity index (χ0) is 16.4. The summed E-state index contributed by atoms with van der Waals surface area (Å²) in [5.41, 5.74) is 1.98. The Morgan fingerprint density at radius 1 is 0.957 bits per heavy atom. The van der Waals surface area contributed by atoms with Crippen LogP contribution >= 0.6 is 0 Å². The van der Waals surface area contributed by atoms with Crippen LogP contribution in [0.1, 0.15) is 72.1 Å². The Balaban J connectivity index is 1.66. The van der Waals surface area contributed by atoms with Gasteiger partial charge in [0.15, 0.2) is 0 Å². The summed E-state index contributed by atoms with van der Waals surface area (Å²) in [6.45, 7) is 6.96. The van der Waals surface area contributed by atoms with Crippen molar-refractivity contribution in [2.75, 3.05) is 0 Å². The topological polar surface area (TPSA) is 40.5 Å². The summed E-state index contributed by atoms with van der Waals surface area (Å²) in [6.07, 6.45) is 11.2. The highest BCUT2D eigenvalue weighted by Crippen LogP contribution is 2.66. The Morgan fingerprint density at radius 3 is 2.43 bits per heavy atom.